The van der Waals surface area contributed by atoms with E-state index in [9.17, 15) is 9.59 Å². The van der Waals surface area contributed by atoms with Gasteiger partial charge in [0.15, 0.2) is 0 Å². The van der Waals surface area contributed by atoms with E-state index in [-0.39, 0.29) is 12.0 Å². The van der Waals surface area contributed by atoms with Gasteiger partial charge in [-0.05, 0) is 38.7 Å². The van der Waals surface area contributed by atoms with Gasteiger partial charge in [0.25, 0.3) is 5.91 Å². The molecule has 0 spiro atoms. The number of rotatable bonds is 5. The second-order valence-corrected chi connectivity index (χ2v) is 5.69. The van der Waals surface area contributed by atoms with Crippen LogP contribution in [0.1, 0.15) is 49.4 Å². The van der Waals surface area contributed by atoms with Crippen LogP contribution in [-0.4, -0.2) is 46.1 Å². The minimum Gasteiger partial charge on any atom is -0.480 e. The molecule has 0 bridgehead atoms. The van der Waals surface area contributed by atoms with Crippen molar-refractivity contribution in [2.45, 2.75) is 51.2 Å². The average Bonchev–Trinajstić information content (AvgIpc) is 2.54. The first-order valence-electron chi connectivity index (χ1n) is 7.61. The number of amides is 1. The van der Waals surface area contributed by atoms with Crippen LogP contribution in [0.2, 0.25) is 0 Å². The van der Waals surface area contributed by atoms with Crippen molar-refractivity contribution in [2.24, 2.45) is 0 Å². The number of hydrogen-bond donors (Lipinski definition) is 1. The summed E-state index contributed by atoms with van der Waals surface area (Å²) in [6.45, 7) is 1.47. The summed E-state index contributed by atoms with van der Waals surface area (Å²) in [5.74, 6) is -0.969. The Morgan fingerprint density at radius 3 is 2.68 bits per heavy atom. The SMILES string of the molecule is CC(C(=O)O)N(C)C(=O)c1ccnc(OC2CCCCC2)c1. The van der Waals surface area contributed by atoms with Gasteiger partial charge in [0.2, 0.25) is 5.88 Å². The predicted molar refractivity (Wildman–Crippen MR) is 80.9 cm³/mol. The van der Waals surface area contributed by atoms with E-state index in [2.05, 4.69) is 4.98 Å². The number of carboxylic acid groups (broad SMARTS) is 1. The molecule has 1 heterocycles. The summed E-state index contributed by atoms with van der Waals surface area (Å²) in [6, 6.07) is 2.27. The van der Waals surface area contributed by atoms with Crippen molar-refractivity contribution >= 4 is 11.9 Å². The fourth-order valence-corrected chi connectivity index (χ4v) is 2.51. The highest BCUT2D eigenvalue weighted by Crippen LogP contribution is 2.23. The molecule has 1 unspecified atom stereocenters. The van der Waals surface area contributed by atoms with E-state index < -0.39 is 12.0 Å². The Hall–Kier alpha value is -2.11. The van der Waals surface area contributed by atoms with Gasteiger partial charge in [-0.1, -0.05) is 6.42 Å². The zero-order valence-electron chi connectivity index (χ0n) is 13.0. The van der Waals surface area contributed by atoms with Crippen LogP contribution in [0, 0.1) is 0 Å². The number of carbonyl (C=O) groups is 2. The second kappa shape index (κ2) is 7.24. The summed E-state index contributed by atoms with van der Waals surface area (Å²) in [6.07, 6.45) is 7.24. The van der Waals surface area contributed by atoms with Crippen LogP contribution in [0.3, 0.4) is 0 Å². The Labute approximate surface area is 130 Å². The molecule has 6 nitrogen and oxygen atoms in total. The Balaban J connectivity index is 2.06. The Kier molecular flexibility index (Phi) is 5.35. The number of pyridine rings is 1. The number of aliphatic carboxylic acids is 1. The number of hydrogen-bond acceptors (Lipinski definition) is 4. The quantitative estimate of drug-likeness (QED) is 0.903. The van der Waals surface area contributed by atoms with Crippen molar-refractivity contribution in [3.8, 4) is 5.88 Å². The summed E-state index contributed by atoms with van der Waals surface area (Å²) in [5, 5.41) is 8.99. The molecule has 0 radical (unpaired) electrons. The molecule has 1 aliphatic carbocycles. The molecule has 1 fully saturated rings. The highest BCUT2D eigenvalue weighted by molar-refractivity contribution is 5.96. The first-order valence-corrected chi connectivity index (χ1v) is 7.61. The van der Waals surface area contributed by atoms with Crippen molar-refractivity contribution in [3.63, 3.8) is 0 Å². The van der Waals surface area contributed by atoms with Gasteiger partial charge in [-0.2, -0.15) is 0 Å². The Bertz CT molecular complexity index is 541. The molecule has 1 N–H and O–H groups in total. The van der Waals surface area contributed by atoms with Crippen LogP contribution < -0.4 is 4.74 Å². The van der Waals surface area contributed by atoms with E-state index in [1.54, 1.807) is 12.1 Å². The van der Waals surface area contributed by atoms with E-state index in [0.717, 1.165) is 25.7 Å². The largest absolute Gasteiger partial charge is 0.480 e. The number of likely N-dealkylation sites (N-methyl/N-ethyl adjacent to an activating group) is 1. The molecule has 0 saturated heterocycles. The van der Waals surface area contributed by atoms with Crippen LogP contribution in [0.25, 0.3) is 0 Å². The fourth-order valence-electron chi connectivity index (χ4n) is 2.51. The predicted octanol–water partition coefficient (Wildman–Crippen LogP) is 2.34. The van der Waals surface area contributed by atoms with Gasteiger partial charge >= 0.3 is 5.97 Å². The number of aromatic nitrogens is 1. The number of nitrogens with zero attached hydrogens (tertiary/aromatic N) is 2. The van der Waals surface area contributed by atoms with E-state index in [1.807, 2.05) is 0 Å². The molecule has 6 heteroatoms. The lowest BCUT2D eigenvalue weighted by Gasteiger charge is -2.23. The molecule has 1 saturated carbocycles. The van der Waals surface area contributed by atoms with Crippen molar-refractivity contribution < 1.29 is 19.4 Å². The van der Waals surface area contributed by atoms with Crippen LogP contribution in [0.4, 0.5) is 0 Å². The number of carbonyl (C=O) groups excluding carboxylic acids is 1. The zero-order chi connectivity index (χ0) is 16.1. The monoisotopic (exact) mass is 306 g/mol. The third-order valence-electron chi connectivity index (χ3n) is 4.08. The van der Waals surface area contributed by atoms with E-state index in [1.165, 1.54) is 31.5 Å². The molecule has 120 valence electrons. The fraction of sp³-hybridized carbons (Fsp3) is 0.562. The molecule has 1 amide bonds. The molecule has 2 rings (SSSR count). The summed E-state index contributed by atoms with van der Waals surface area (Å²) >= 11 is 0. The summed E-state index contributed by atoms with van der Waals surface area (Å²) in [4.78, 5) is 28.6. The zero-order valence-corrected chi connectivity index (χ0v) is 13.0. The highest BCUT2D eigenvalue weighted by atomic mass is 16.5. The van der Waals surface area contributed by atoms with Gasteiger partial charge in [-0.25, -0.2) is 9.78 Å². The van der Waals surface area contributed by atoms with Gasteiger partial charge in [-0.3, -0.25) is 4.79 Å². The molecular formula is C16H22N2O4. The van der Waals surface area contributed by atoms with Crippen LogP contribution in [0.5, 0.6) is 5.88 Å². The van der Waals surface area contributed by atoms with Gasteiger partial charge in [0.05, 0.1) is 0 Å². The Morgan fingerprint density at radius 2 is 2.05 bits per heavy atom. The van der Waals surface area contributed by atoms with Gasteiger partial charge < -0.3 is 14.7 Å². The second-order valence-electron chi connectivity index (χ2n) is 5.69. The molecule has 1 atom stereocenters. The maximum absolute atomic E-state index is 12.3. The minimum atomic E-state index is -1.04. The molecule has 0 aliphatic heterocycles. The molecule has 1 aromatic rings. The molecular weight excluding hydrogens is 284 g/mol. The molecule has 0 aromatic carbocycles. The van der Waals surface area contributed by atoms with Crippen molar-refractivity contribution in [1.29, 1.82) is 0 Å². The first kappa shape index (κ1) is 16.3. The number of carboxylic acids is 1. The topological polar surface area (TPSA) is 79.7 Å². The maximum Gasteiger partial charge on any atom is 0.326 e. The lowest BCUT2D eigenvalue weighted by Crippen LogP contribution is -2.40. The minimum absolute atomic E-state index is 0.155. The van der Waals surface area contributed by atoms with Gasteiger partial charge in [0.1, 0.15) is 12.1 Å². The van der Waals surface area contributed by atoms with Crippen molar-refractivity contribution in [1.82, 2.24) is 9.88 Å². The van der Waals surface area contributed by atoms with Crippen LogP contribution in [-0.2, 0) is 4.79 Å². The lowest BCUT2D eigenvalue weighted by atomic mass is 9.98. The van der Waals surface area contributed by atoms with Crippen molar-refractivity contribution in [3.05, 3.63) is 23.9 Å². The molecule has 1 aromatic heterocycles. The summed E-state index contributed by atoms with van der Waals surface area (Å²) < 4.78 is 5.84. The third kappa shape index (κ3) is 3.96. The van der Waals surface area contributed by atoms with Crippen LogP contribution in [0.15, 0.2) is 18.3 Å². The average molecular weight is 306 g/mol. The number of ether oxygens (including phenoxy) is 1. The first-order chi connectivity index (χ1) is 10.5. The van der Waals surface area contributed by atoms with E-state index >= 15 is 0 Å². The summed E-state index contributed by atoms with van der Waals surface area (Å²) in [7, 11) is 1.48. The van der Waals surface area contributed by atoms with Crippen LogP contribution >= 0.6 is 0 Å². The molecule has 1 aliphatic rings. The Morgan fingerprint density at radius 1 is 1.36 bits per heavy atom. The van der Waals surface area contributed by atoms with Gasteiger partial charge in [-0.15, -0.1) is 0 Å². The molecule has 22 heavy (non-hydrogen) atoms. The summed E-state index contributed by atoms with van der Waals surface area (Å²) in [5.41, 5.74) is 0.386. The highest BCUT2D eigenvalue weighted by Gasteiger charge is 2.23. The standard InChI is InChI=1S/C16H22N2O4/c1-11(16(20)21)18(2)15(19)12-8-9-17-14(10-12)22-13-6-4-3-5-7-13/h8-11,13H,3-7H2,1-2H3,(H,20,21). The van der Waals surface area contributed by atoms with E-state index in [0.29, 0.717) is 11.4 Å². The van der Waals surface area contributed by atoms with Gasteiger partial charge in [0, 0.05) is 24.9 Å². The van der Waals surface area contributed by atoms with Crippen molar-refractivity contribution in [2.75, 3.05) is 7.05 Å². The normalized spacial score (nSPS) is 16.8. The maximum atomic E-state index is 12.3. The smallest absolute Gasteiger partial charge is 0.326 e. The van der Waals surface area contributed by atoms with E-state index in [4.69, 9.17) is 9.84 Å². The third-order valence-corrected chi connectivity index (χ3v) is 4.08. The lowest BCUT2D eigenvalue weighted by molar-refractivity contribution is -0.141.